The average molecular weight is 389 g/mol. The van der Waals surface area contributed by atoms with Crippen LogP contribution in [0.2, 0.25) is 0 Å². The van der Waals surface area contributed by atoms with Crippen LogP contribution in [0.15, 0.2) is 55.3 Å². The summed E-state index contributed by atoms with van der Waals surface area (Å²) in [6.07, 6.45) is 14.2. The van der Waals surface area contributed by atoms with Gasteiger partial charge in [-0.15, -0.1) is 0 Å². The molecule has 1 aliphatic rings. The molecule has 1 unspecified atom stereocenters. The Morgan fingerprint density at radius 2 is 2.10 bits per heavy atom. The normalized spacial score (nSPS) is 16.9. The molecule has 1 aliphatic heterocycles. The molecule has 1 amide bonds. The Morgan fingerprint density at radius 3 is 2.83 bits per heavy atom. The summed E-state index contributed by atoms with van der Waals surface area (Å²) in [5.74, 6) is 1.58. The standard InChI is InChI=1S/C21H23N7O/c1-27-14-16(11-25-27)7-8-21(29)28-10-4-5-17(15-28)18-12-24-20(13-23-18)26-19-6-2-3-9-22-19/h2-3,6-9,11-14,17H,4-5,10,15H2,1H3,(H,22,24,26). The predicted molar refractivity (Wildman–Crippen MR) is 110 cm³/mol. The van der Waals surface area contributed by atoms with Crippen molar-refractivity contribution in [2.75, 3.05) is 18.4 Å². The molecule has 0 radical (unpaired) electrons. The fourth-order valence-electron chi connectivity index (χ4n) is 3.40. The number of amides is 1. The lowest BCUT2D eigenvalue weighted by molar-refractivity contribution is -0.127. The lowest BCUT2D eigenvalue weighted by Gasteiger charge is -2.31. The molecule has 1 N–H and O–H groups in total. The topological polar surface area (TPSA) is 88.8 Å². The van der Waals surface area contributed by atoms with E-state index in [1.807, 2.05) is 36.3 Å². The Balaban J connectivity index is 1.37. The van der Waals surface area contributed by atoms with Crippen LogP contribution >= 0.6 is 0 Å². The molecule has 0 aliphatic carbocycles. The number of hydrogen-bond acceptors (Lipinski definition) is 6. The van der Waals surface area contributed by atoms with Gasteiger partial charge in [-0.3, -0.25) is 14.5 Å². The fourth-order valence-corrected chi connectivity index (χ4v) is 3.40. The van der Waals surface area contributed by atoms with Crippen molar-refractivity contribution in [2.24, 2.45) is 7.05 Å². The van der Waals surface area contributed by atoms with Crippen LogP contribution in [0.25, 0.3) is 6.08 Å². The summed E-state index contributed by atoms with van der Waals surface area (Å²) in [7, 11) is 1.85. The van der Waals surface area contributed by atoms with Crippen molar-refractivity contribution in [1.29, 1.82) is 0 Å². The highest BCUT2D eigenvalue weighted by molar-refractivity contribution is 5.91. The quantitative estimate of drug-likeness (QED) is 0.675. The van der Waals surface area contributed by atoms with E-state index >= 15 is 0 Å². The second-order valence-electron chi connectivity index (χ2n) is 7.07. The van der Waals surface area contributed by atoms with Gasteiger partial charge in [-0.2, -0.15) is 5.10 Å². The molecule has 1 atom stereocenters. The van der Waals surface area contributed by atoms with Crippen LogP contribution in [0.4, 0.5) is 11.6 Å². The van der Waals surface area contributed by atoms with Gasteiger partial charge in [0.2, 0.25) is 5.91 Å². The molecule has 1 saturated heterocycles. The molecule has 4 heterocycles. The summed E-state index contributed by atoms with van der Waals surface area (Å²) in [5, 5.41) is 7.24. The molecule has 1 fully saturated rings. The number of piperidine rings is 1. The number of likely N-dealkylation sites (tertiary alicyclic amines) is 1. The summed E-state index contributed by atoms with van der Waals surface area (Å²) in [4.78, 5) is 27.7. The van der Waals surface area contributed by atoms with Gasteiger partial charge in [0.1, 0.15) is 11.6 Å². The highest BCUT2D eigenvalue weighted by Crippen LogP contribution is 2.26. The van der Waals surface area contributed by atoms with Crippen LogP contribution in [0.1, 0.15) is 30.0 Å². The first kappa shape index (κ1) is 18.8. The molecule has 0 aromatic carbocycles. The third kappa shape index (κ3) is 4.84. The number of aryl methyl sites for hydroxylation is 1. The van der Waals surface area contributed by atoms with Gasteiger partial charge in [0.15, 0.2) is 0 Å². The predicted octanol–water partition coefficient (Wildman–Crippen LogP) is 2.77. The van der Waals surface area contributed by atoms with Crippen LogP contribution < -0.4 is 5.32 Å². The van der Waals surface area contributed by atoms with Crippen LogP contribution in [0.5, 0.6) is 0 Å². The van der Waals surface area contributed by atoms with Crippen LogP contribution in [0.3, 0.4) is 0 Å². The Hall–Kier alpha value is -3.55. The zero-order chi connectivity index (χ0) is 20.1. The first-order valence-corrected chi connectivity index (χ1v) is 9.63. The maximum Gasteiger partial charge on any atom is 0.246 e. The Bertz CT molecular complexity index is 982. The van der Waals surface area contributed by atoms with E-state index in [0.717, 1.165) is 36.5 Å². The Morgan fingerprint density at radius 1 is 1.17 bits per heavy atom. The molecule has 3 aromatic rings. The largest absolute Gasteiger partial charge is 0.338 e. The SMILES string of the molecule is Cn1cc(C=CC(=O)N2CCCC(c3cnc(Nc4ccccn4)cn3)C2)cn1. The van der Waals surface area contributed by atoms with Crippen molar-refractivity contribution in [1.82, 2.24) is 29.6 Å². The monoisotopic (exact) mass is 389 g/mol. The van der Waals surface area contributed by atoms with Crippen molar-refractivity contribution in [3.63, 3.8) is 0 Å². The van der Waals surface area contributed by atoms with E-state index < -0.39 is 0 Å². The second kappa shape index (κ2) is 8.64. The smallest absolute Gasteiger partial charge is 0.246 e. The number of pyridine rings is 1. The zero-order valence-electron chi connectivity index (χ0n) is 16.3. The van der Waals surface area contributed by atoms with Gasteiger partial charge in [0, 0.05) is 50.1 Å². The van der Waals surface area contributed by atoms with E-state index in [-0.39, 0.29) is 11.8 Å². The first-order valence-electron chi connectivity index (χ1n) is 9.63. The second-order valence-corrected chi connectivity index (χ2v) is 7.07. The number of rotatable bonds is 5. The molecule has 8 nitrogen and oxygen atoms in total. The lowest BCUT2D eigenvalue weighted by Crippen LogP contribution is -2.38. The molecule has 3 aromatic heterocycles. The van der Waals surface area contributed by atoms with Crippen LogP contribution in [-0.4, -0.2) is 48.6 Å². The summed E-state index contributed by atoms with van der Waals surface area (Å²) < 4.78 is 1.71. The highest BCUT2D eigenvalue weighted by Gasteiger charge is 2.24. The van der Waals surface area contributed by atoms with Gasteiger partial charge in [0.05, 0.1) is 24.3 Å². The van der Waals surface area contributed by atoms with E-state index in [1.165, 1.54) is 0 Å². The van der Waals surface area contributed by atoms with E-state index in [1.54, 1.807) is 41.6 Å². The number of nitrogens with zero attached hydrogens (tertiary/aromatic N) is 6. The Kier molecular flexibility index (Phi) is 5.60. The maximum atomic E-state index is 12.6. The molecule has 29 heavy (non-hydrogen) atoms. The number of carbonyl (C=O) groups is 1. The van der Waals surface area contributed by atoms with Crippen molar-refractivity contribution >= 4 is 23.6 Å². The molecule has 148 valence electrons. The minimum Gasteiger partial charge on any atom is -0.338 e. The van der Waals surface area contributed by atoms with Crippen molar-refractivity contribution in [3.8, 4) is 0 Å². The lowest BCUT2D eigenvalue weighted by atomic mass is 9.95. The van der Waals surface area contributed by atoms with E-state index in [9.17, 15) is 4.79 Å². The fraction of sp³-hybridized carbons (Fsp3) is 0.286. The first-order chi connectivity index (χ1) is 14.2. The zero-order valence-corrected chi connectivity index (χ0v) is 16.3. The van der Waals surface area contributed by atoms with E-state index in [4.69, 9.17) is 0 Å². The van der Waals surface area contributed by atoms with Gasteiger partial charge >= 0.3 is 0 Å². The maximum absolute atomic E-state index is 12.6. The average Bonchev–Trinajstić information content (AvgIpc) is 3.18. The molecule has 0 saturated carbocycles. The third-order valence-corrected chi connectivity index (χ3v) is 4.89. The van der Waals surface area contributed by atoms with Crippen molar-refractivity contribution < 1.29 is 4.79 Å². The summed E-state index contributed by atoms with van der Waals surface area (Å²) in [6.45, 7) is 1.41. The number of carbonyl (C=O) groups excluding carboxylic acids is 1. The molecule has 0 bridgehead atoms. The van der Waals surface area contributed by atoms with E-state index in [2.05, 4.69) is 25.4 Å². The third-order valence-electron chi connectivity index (χ3n) is 4.89. The highest BCUT2D eigenvalue weighted by atomic mass is 16.2. The van der Waals surface area contributed by atoms with Crippen molar-refractivity contribution in [3.05, 3.63) is 66.5 Å². The van der Waals surface area contributed by atoms with Gasteiger partial charge in [0.25, 0.3) is 0 Å². The number of hydrogen-bond donors (Lipinski definition) is 1. The van der Waals surface area contributed by atoms with Crippen LogP contribution in [0, 0.1) is 0 Å². The molecular formula is C21H23N7O. The van der Waals surface area contributed by atoms with Crippen LogP contribution in [-0.2, 0) is 11.8 Å². The number of aromatic nitrogens is 5. The van der Waals surface area contributed by atoms with Gasteiger partial charge in [-0.1, -0.05) is 6.07 Å². The molecule has 8 heteroatoms. The minimum atomic E-state index is 0.0138. The number of anilines is 2. The van der Waals surface area contributed by atoms with Gasteiger partial charge in [-0.25, -0.2) is 9.97 Å². The molecule has 4 rings (SSSR count). The van der Waals surface area contributed by atoms with E-state index in [0.29, 0.717) is 12.4 Å². The summed E-state index contributed by atoms with van der Waals surface area (Å²) in [6, 6.07) is 5.65. The molecule has 0 spiro atoms. The molecular weight excluding hydrogens is 366 g/mol. The van der Waals surface area contributed by atoms with Crippen molar-refractivity contribution in [2.45, 2.75) is 18.8 Å². The minimum absolute atomic E-state index is 0.0138. The Labute approximate surface area is 169 Å². The van der Waals surface area contributed by atoms with Gasteiger partial charge < -0.3 is 10.2 Å². The summed E-state index contributed by atoms with van der Waals surface area (Å²) >= 11 is 0. The van der Waals surface area contributed by atoms with Gasteiger partial charge in [-0.05, 0) is 31.1 Å². The number of nitrogens with one attached hydrogen (secondary N) is 1. The summed E-state index contributed by atoms with van der Waals surface area (Å²) in [5.41, 5.74) is 1.82.